The lowest BCUT2D eigenvalue weighted by Crippen LogP contribution is -1.85. The molecule has 0 aliphatic rings. The molecule has 89 valence electrons. The average molecular weight is 209 g/mol. The maximum absolute atomic E-state index is 4.16. The molecule has 0 bridgehead atoms. The fourth-order valence-electron chi connectivity index (χ4n) is 1.83. The first-order chi connectivity index (χ1) is 7.31. The van der Waals surface area contributed by atoms with E-state index in [0.29, 0.717) is 0 Å². The van der Waals surface area contributed by atoms with Crippen molar-refractivity contribution in [3.05, 3.63) is 19.1 Å². The van der Waals surface area contributed by atoms with E-state index in [1.54, 1.807) is 0 Å². The highest BCUT2D eigenvalue weighted by Crippen LogP contribution is 2.15. The smallest absolute Gasteiger partial charge is 0.0323 e. The van der Waals surface area contributed by atoms with Crippen LogP contribution in [0.15, 0.2) is 12.2 Å². The predicted octanol–water partition coefficient (Wildman–Crippen LogP) is 5.69. The van der Waals surface area contributed by atoms with Crippen LogP contribution >= 0.6 is 0 Å². The largest absolute Gasteiger partial charge is 0.0999 e. The molecule has 0 aromatic heterocycles. The van der Waals surface area contributed by atoms with Crippen molar-refractivity contribution in [1.82, 2.24) is 0 Å². The molecule has 0 aromatic carbocycles. The molecule has 0 saturated heterocycles. The first-order valence-corrected chi connectivity index (χ1v) is 6.77. The van der Waals surface area contributed by atoms with Crippen molar-refractivity contribution in [2.75, 3.05) is 0 Å². The van der Waals surface area contributed by atoms with Crippen molar-refractivity contribution in [3.63, 3.8) is 0 Å². The highest BCUT2D eigenvalue weighted by atomic mass is 14.0. The van der Waals surface area contributed by atoms with Crippen molar-refractivity contribution in [2.45, 2.75) is 77.6 Å². The van der Waals surface area contributed by atoms with Crippen LogP contribution in [0, 0.1) is 6.92 Å². The molecule has 0 aromatic rings. The zero-order valence-electron chi connectivity index (χ0n) is 10.7. The highest BCUT2D eigenvalue weighted by Gasteiger charge is 1.95. The third kappa shape index (κ3) is 11.7. The molecular weight excluding hydrogens is 180 g/mol. The summed E-state index contributed by atoms with van der Waals surface area (Å²) in [6.45, 7) is 10.3. The van der Waals surface area contributed by atoms with Gasteiger partial charge in [0.2, 0.25) is 0 Å². The maximum Gasteiger partial charge on any atom is -0.0323 e. The molecule has 0 rings (SSSR count). The van der Waals surface area contributed by atoms with Gasteiger partial charge in [-0.25, -0.2) is 0 Å². The molecule has 0 unspecified atom stereocenters. The molecule has 0 nitrogen and oxygen atoms in total. The van der Waals surface area contributed by atoms with Crippen LogP contribution in [0.5, 0.6) is 0 Å². The molecule has 0 heterocycles. The van der Waals surface area contributed by atoms with E-state index in [1.807, 2.05) is 0 Å². The summed E-state index contributed by atoms with van der Waals surface area (Å²) in [6, 6.07) is 0. The Morgan fingerprint density at radius 2 is 1.33 bits per heavy atom. The van der Waals surface area contributed by atoms with Gasteiger partial charge in [-0.15, -0.1) is 0 Å². The standard InChI is InChI=1S/C15H29/c1-4-6-8-10-12-14-15(3)13-11-9-7-5-2/h1,3-14H2,2H3. The van der Waals surface area contributed by atoms with Gasteiger partial charge in [0.05, 0.1) is 0 Å². The fraction of sp³-hybridized carbons (Fsp3) is 0.800. The van der Waals surface area contributed by atoms with E-state index >= 15 is 0 Å². The molecule has 0 fully saturated rings. The predicted molar refractivity (Wildman–Crippen MR) is 71.0 cm³/mol. The first kappa shape index (κ1) is 14.7. The van der Waals surface area contributed by atoms with E-state index in [0.717, 1.165) is 6.42 Å². The van der Waals surface area contributed by atoms with E-state index in [9.17, 15) is 0 Å². The van der Waals surface area contributed by atoms with Gasteiger partial charge in [0, 0.05) is 0 Å². The van der Waals surface area contributed by atoms with E-state index < -0.39 is 0 Å². The molecular formula is C15H29. The third-order valence-corrected chi connectivity index (χ3v) is 2.91. The summed E-state index contributed by atoms with van der Waals surface area (Å²) >= 11 is 0. The quantitative estimate of drug-likeness (QED) is 0.303. The number of unbranched alkanes of at least 4 members (excludes halogenated alkanes) is 7. The van der Waals surface area contributed by atoms with Crippen molar-refractivity contribution in [1.29, 1.82) is 0 Å². The van der Waals surface area contributed by atoms with Crippen LogP contribution in [0.1, 0.15) is 77.6 Å². The normalized spacial score (nSPS) is 10.5. The summed E-state index contributed by atoms with van der Waals surface area (Å²) in [7, 11) is 0. The minimum absolute atomic E-state index is 1.10. The van der Waals surface area contributed by atoms with Crippen molar-refractivity contribution in [2.24, 2.45) is 0 Å². The van der Waals surface area contributed by atoms with Crippen molar-refractivity contribution in [3.8, 4) is 0 Å². The lowest BCUT2D eigenvalue weighted by molar-refractivity contribution is 0.617. The Labute approximate surface area is 97.2 Å². The van der Waals surface area contributed by atoms with Crippen molar-refractivity contribution < 1.29 is 0 Å². The summed E-state index contributed by atoms with van der Waals surface area (Å²) < 4.78 is 0. The fourth-order valence-corrected chi connectivity index (χ4v) is 1.83. The molecule has 1 radical (unpaired) electrons. The molecule has 0 heteroatoms. The van der Waals surface area contributed by atoms with E-state index in [1.165, 1.54) is 69.8 Å². The number of rotatable bonds is 11. The second-order valence-corrected chi connectivity index (χ2v) is 4.58. The average Bonchev–Trinajstić information content (AvgIpc) is 2.24. The molecule has 0 aliphatic heterocycles. The topological polar surface area (TPSA) is 0 Å². The van der Waals surface area contributed by atoms with Gasteiger partial charge in [0.15, 0.2) is 0 Å². The van der Waals surface area contributed by atoms with E-state index in [2.05, 4.69) is 20.4 Å². The van der Waals surface area contributed by atoms with Crippen LogP contribution in [0.2, 0.25) is 0 Å². The van der Waals surface area contributed by atoms with E-state index in [-0.39, 0.29) is 0 Å². The van der Waals surface area contributed by atoms with Crippen LogP contribution in [0.4, 0.5) is 0 Å². The number of allylic oxidation sites excluding steroid dienone is 1. The first-order valence-electron chi connectivity index (χ1n) is 6.77. The minimum atomic E-state index is 1.10. The summed E-state index contributed by atoms with van der Waals surface area (Å²) in [6.07, 6.45) is 14.4. The molecule has 0 spiro atoms. The van der Waals surface area contributed by atoms with Crippen LogP contribution in [-0.4, -0.2) is 0 Å². The molecule has 0 aliphatic carbocycles. The maximum atomic E-state index is 4.16. The second-order valence-electron chi connectivity index (χ2n) is 4.58. The molecule has 0 atom stereocenters. The molecule has 0 N–H and O–H groups in total. The highest BCUT2D eigenvalue weighted by molar-refractivity contribution is 4.93. The third-order valence-electron chi connectivity index (χ3n) is 2.91. The van der Waals surface area contributed by atoms with E-state index in [4.69, 9.17) is 0 Å². The Morgan fingerprint density at radius 3 is 1.87 bits per heavy atom. The van der Waals surface area contributed by atoms with Gasteiger partial charge in [-0.05, 0) is 25.7 Å². The molecule has 0 amide bonds. The van der Waals surface area contributed by atoms with Gasteiger partial charge in [-0.1, -0.05) is 70.9 Å². The Bertz CT molecular complexity index is 135. The van der Waals surface area contributed by atoms with Crippen molar-refractivity contribution >= 4 is 0 Å². The van der Waals surface area contributed by atoms with Crippen LogP contribution in [0.3, 0.4) is 0 Å². The lowest BCUT2D eigenvalue weighted by Gasteiger charge is -2.05. The van der Waals surface area contributed by atoms with Gasteiger partial charge < -0.3 is 0 Å². The monoisotopic (exact) mass is 209 g/mol. The zero-order valence-corrected chi connectivity index (χ0v) is 10.7. The summed E-state index contributed by atoms with van der Waals surface area (Å²) in [5.74, 6) is 0. The molecule has 15 heavy (non-hydrogen) atoms. The number of hydrogen-bond donors (Lipinski definition) is 0. The van der Waals surface area contributed by atoms with Gasteiger partial charge in [0.1, 0.15) is 0 Å². The summed E-state index contributed by atoms with van der Waals surface area (Å²) in [5.41, 5.74) is 1.47. The Balaban J connectivity index is 3.11. The Hall–Kier alpha value is -0.260. The Kier molecular flexibility index (Phi) is 11.6. The summed E-state index contributed by atoms with van der Waals surface area (Å²) in [5, 5.41) is 0. The summed E-state index contributed by atoms with van der Waals surface area (Å²) in [4.78, 5) is 0. The van der Waals surface area contributed by atoms with Crippen LogP contribution in [0.25, 0.3) is 0 Å². The number of hydrogen-bond acceptors (Lipinski definition) is 0. The molecule has 0 saturated carbocycles. The SMILES string of the molecule is [CH2]CCCCCCC(=C)CCCCCC. The van der Waals surface area contributed by atoms with Gasteiger partial charge >= 0.3 is 0 Å². The second kappa shape index (κ2) is 11.8. The van der Waals surface area contributed by atoms with Gasteiger partial charge in [-0.2, -0.15) is 0 Å². The van der Waals surface area contributed by atoms with Crippen LogP contribution in [-0.2, 0) is 0 Å². The zero-order chi connectivity index (χ0) is 11.4. The van der Waals surface area contributed by atoms with Gasteiger partial charge in [-0.3, -0.25) is 0 Å². The van der Waals surface area contributed by atoms with Crippen LogP contribution < -0.4 is 0 Å². The minimum Gasteiger partial charge on any atom is -0.0999 e. The van der Waals surface area contributed by atoms with Gasteiger partial charge in [0.25, 0.3) is 0 Å². The lowest BCUT2D eigenvalue weighted by atomic mass is 10.0. The Morgan fingerprint density at radius 1 is 0.800 bits per heavy atom.